The topological polar surface area (TPSA) is 34.9 Å². The maximum atomic E-state index is 11.3. The molecule has 0 aliphatic heterocycles. The van der Waals surface area contributed by atoms with Crippen LogP contribution >= 0.6 is 27.3 Å². The van der Waals surface area contributed by atoms with Crippen molar-refractivity contribution in [3.05, 3.63) is 63.1 Å². The molecule has 3 nitrogen and oxygen atoms in total. The number of aromatic nitrogens is 2. The first-order valence-electron chi connectivity index (χ1n) is 6.49. The summed E-state index contributed by atoms with van der Waals surface area (Å²) in [6, 6.07) is 10.1. The van der Waals surface area contributed by atoms with Gasteiger partial charge < -0.3 is 0 Å². The largest absolute Gasteiger partial charge is 0.298 e. The maximum Gasteiger partial charge on any atom is 0.153 e. The summed E-state index contributed by atoms with van der Waals surface area (Å²) in [4.78, 5) is 12.4. The van der Waals surface area contributed by atoms with Gasteiger partial charge in [-0.2, -0.15) is 5.10 Å². The average molecular weight is 361 g/mol. The molecule has 0 unspecified atom stereocenters. The first kappa shape index (κ1) is 14.2. The third-order valence-electron chi connectivity index (χ3n) is 3.25. The highest BCUT2D eigenvalue weighted by Crippen LogP contribution is 2.30. The van der Waals surface area contributed by atoms with Crippen LogP contribution in [-0.2, 0) is 6.54 Å². The Kier molecular flexibility index (Phi) is 4.03. The summed E-state index contributed by atoms with van der Waals surface area (Å²) in [5.41, 5.74) is 3.71. The lowest BCUT2D eigenvalue weighted by Crippen LogP contribution is -2.00. The fourth-order valence-electron chi connectivity index (χ4n) is 2.17. The SMILES string of the molecule is Cc1ccsc1-c1nn(Cc2ccc(Br)cc2)cc1C=O. The Bertz CT molecular complexity index is 774. The first-order valence-corrected chi connectivity index (χ1v) is 8.16. The van der Waals surface area contributed by atoms with Crippen molar-refractivity contribution in [2.24, 2.45) is 0 Å². The van der Waals surface area contributed by atoms with E-state index in [1.54, 1.807) is 11.3 Å². The second-order valence-electron chi connectivity index (χ2n) is 4.81. The van der Waals surface area contributed by atoms with Crippen molar-refractivity contribution in [3.63, 3.8) is 0 Å². The van der Waals surface area contributed by atoms with Crippen LogP contribution in [0.25, 0.3) is 10.6 Å². The second kappa shape index (κ2) is 5.95. The molecular weight excluding hydrogens is 348 g/mol. The summed E-state index contributed by atoms with van der Waals surface area (Å²) in [7, 11) is 0. The highest BCUT2D eigenvalue weighted by molar-refractivity contribution is 9.10. The molecule has 0 fully saturated rings. The molecule has 3 rings (SSSR count). The van der Waals surface area contributed by atoms with Gasteiger partial charge in [0.1, 0.15) is 5.69 Å². The Morgan fingerprint density at radius 3 is 2.67 bits per heavy atom. The number of halogens is 1. The maximum absolute atomic E-state index is 11.3. The normalized spacial score (nSPS) is 10.8. The van der Waals surface area contributed by atoms with Crippen LogP contribution in [0, 0.1) is 6.92 Å². The van der Waals surface area contributed by atoms with Crippen molar-refractivity contribution in [2.75, 3.05) is 0 Å². The van der Waals surface area contributed by atoms with Crippen molar-refractivity contribution < 1.29 is 4.79 Å². The summed E-state index contributed by atoms with van der Waals surface area (Å²) in [5, 5.41) is 6.61. The number of aryl methyl sites for hydroxylation is 1. The van der Waals surface area contributed by atoms with Gasteiger partial charge in [-0.25, -0.2) is 0 Å². The summed E-state index contributed by atoms with van der Waals surface area (Å²) in [5.74, 6) is 0. The molecular formula is C16H13BrN2OS. The molecule has 0 bridgehead atoms. The first-order chi connectivity index (χ1) is 10.2. The highest BCUT2D eigenvalue weighted by Gasteiger charge is 2.14. The number of thiophene rings is 1. The van der Waals surface area contributed by atoms with Crippen LogP contribution < -0.4 is 0 Å². The number of rotatable bonds is 4. The van der Waals surface area contributed by atoms with E-state index in [1.807, 2.05) is 53.5 Å². The molecule has 3 aromatic rings. The molecule has 0 saturated heterocycles. The Morgan fingerprint density at radius 2 is 2.05 bits per heavy atom. The Balaban J connectivity index is 1.94. The van der Waals surface area contributed by atoms with E-state index in [0.717, 1.165) is 32.5 Å². The van der Waals surface area contributed by atoms with E-state index in [9.17, 15) is 4.79 Å². The summed E-state index contributed by atoms with van der Waals surface area (Å²) in [6.07, 6.45) is 2.68. The molecule has 2 heterocycles. The van der Waals surface area contributed by atoms with Crippen molar-refractivity contribution in [1.82, 2.24) is 9.78 Å². The van der Waals surface area contributed by atoms with E-state index in [1.165, 1.54) is 0 Å². The second-order valence-corrected chi connectivity index (χ2v) is 6.64. The molecule has 0 spiro atoms. The predicted molar refractivity (Wildman–Crippen MR) is 88.9 cm³/mol. The van der Waals surface area contributed by atoms with Gasteiger partial charge in [0, 0.05) is 10.7 Å². The van der Waals surface area contributed by atoms with Crippen LogP contribution in [-0.4, -0.2) is 16.1 Å². The van der Waals surface area contributed by atoms with Gasteiger partial charge in [-0.05, 0) is 41.6 Å². The molecule has 21 heavy (non-hydrogen) atoms. The number of benzene rings is 1. The number of nitrogens with zero attached hydrogens (tertiary/aromatic N) is 2. The lowest BCUT2D eigenvalue weighted by Gasteiger charge is -2.02. The van der Waals surface area contributed by atoms with E-state index < -0.39 is 0 Å². The Labute approximate surface area is 135 Å². The van der Waals surface area contributed by atoms with Gasteiger partial charge in [0.25, 0.3) is 0 Å². The van der Waals surface area contributed by atoms with Crippen LogP contribution in [0.2, 0.25) is 0 Å². The zero-order chi connectivity index (χ0) is 14.8. The van der Waals surface area contributed by atoms with Crippen molar-refractivity contribution in [1.29, 1.82) is 0 Å². The lowest BCUT2D eigenvalue weighted by molar-refractivity contribution is 0.112. The minimum Gasteiger partial charge on any atom is -0.298 e. The van der Waals surface area contributed by atoms with Gasteiger partial charge in [-0.3, -0.25) is 9.48 Å². The molecule has 0 aliphatic rings. The van der Waals surface area contributed by atoms with Crippen molar-refractivity contribution >= 4 is 33.6 Å². The fourth-order valence-corrected chi connectivity index (χ4v) is 3.37. The van der Waals surface area contributed by atoms with E-state index in [0.29, 0.717) is 12.1 Å². The molecule has 0 saturated carbocycles. The third kappa shape index (κ3) is 2.99. The molecule has 0 N–H and O–H groups in total. The summed E-state index contributed by atoms with van der Waals surface area (Å²) in [6.45, 7) is 2.69. The van der Waals surface area contributed by atoms with E-state index in [-0.39, 0.29) is 0 Å². The molecule has 5 heteroatoms. The fraction of sp³-hybridized carbons (Fsp3) is 0.125. The zero-order valence-corrected chi connectivity index (χ0v) is 13.8. The zero-order valence-electron chi connectivity index (χ0n) is 11.4. The van der Waals surface area contributed by atoms with Crippen LogP contribution in [0.15, 0.2) is 46.4 Å². The third-order valence-corrected chi connectivity index (χ3v) is 4.80. The molecule has 106 valence electrons. The lowest BCUT2D eigenvalue weighted by atomic mass is 10.2. The van der Waals surface area contributed by atoms with Crippen LogP contribution in [0.5, 0.6) is 0 Å². The van der Waals surface area contributed by atoms with E-state index >= 15 is 0 Å². The van der Waals surface area contributed by atoms with Gasteiger partial charge in [0.2, 0.25) is 0 Å². The molecule has 0 aliphatic carbocycles. The van der Waals surface area contributed by atoms with Gasteiger partial charge in [-0.1, -0.05) is 28.1 Å². The van der Waals surface area contributed by atoms with E-state index in [2.05, 4.69) is 21.0 Å². The predicted octanol–water partition coefficient (Wildman–Crippen LogP) is 4.54. The van der Waals surface area contributed by atoms with Gasteiger partial charge in [0.05, 0.1) is 17.0 Å². The number of carbonyl (C=O) groups excluding carboxylic acids is 1. The Hall–Kier alpha value is -1.72. The Morgan fingerprint density at radius 1 is 1.29 bits per heavy atom. The summed E-state index contributed by atoms with van der Waals surface area (Å²) >= 11 is 5.04. The van der Waals surface area contributed by atoms with Crippen LogP contribution in [0.1, 0.15) is 21.5 Å². The summed E-state index contributed by atoms with van der Waals surface area (Å²) < 4.78 is 2.87. The van der Waals surface area contributed by atoms with Gasteiger partial charge in [0.15, 0.2) is 6.29 Å². The molecule has 0 amide bonds. The number of carbonyl (C=O) groups is 1. The van der Waals surface area contributed by atoms with E-state index in [4.69, 9.17) is 0 Å². The van der Waals surface area contributed by atoms with Crippen LogP contribution in [0.4, 0.5) is 0 Å². The molecule has 1 aromatic carbocycles. The number of aldehydes is 1. The van der Waals surface area contributed by atoms with Crippen LogP contribution in [0.3, 0.4) is 0 Å². The smallest absolute Gasteiger partial charge is 0.153 e. The molecule has 0 radical (unpaired) electrons. The standard InChI is InChI=1S/C16H13BrN2OS/c1-11-6-7-21-16(11)15-13(10-20)9-19(18-15)8-12-2-4-14(17)5-3-12/h2-7,9-10H,8H2,1H3. The minimum atomic E-state index is 0.637. The van der Waals surface area contributed by atoms with Gasteiger partial charge >= 0.3 is 0 Å². The quantitative estimate of drug-likeness (QED) is 0.640. The van der Waals surface area contributed by atoms with Crippen molar-refractivity contribution in [3.8, 4) is 10.6 Å². The van der Waals surface area contributed by atoms with Crippen molar-refractivity contribution in [2.45, 2.75) is 13.5 Å². The van der Waals surface area contributed by atoms with Gasteiger partial charge in [-0.15, -0.1) is 11.3 Å². The monoisotopic (exact) mass is 360 g/mol. The average Bonchev–Trinajstić information content (AvgIpc) is 3.07. The number of hydrogen-bond acceptors (Lipinski definition) is 3. The molecule has 2 aromatic heterocycles. The minimum absolute atomic E-state index is 0.637. The number of hydrogen-bond donors (Lipinski definition) is 0. The molecule has 0 atom stereocenters. The highest BCUT2D eigenvalue weighted by atomic mass is 79.9.